The first-order valence-corrected chi connectivity index (χ1v) is 12.2. The van der Waals surface area contributed by atoms with E-state index in [-0.39, 0.29) is 17.3 Å². The van der Waals surface area contributed by atoms with Gasteiger partial charge in [-0.3, -0.25) is 9.59 Å². The molecule has 1 aliphatic rings. The van der Waals surface area contributed by atoms with Crippen molar-refractivity contribution in [2.45, 2.75) is 13.5 Å². The number of nitrogens with zero attached hydrogens (tertiary/aromatic N) is 1. The zero-order valence-corrected chi connectivity index (χ0v) is 19.3. The molecular weight excluding hydrogens is 464 g/mol. The van der Waals surface area contributed by atoms with Crippen LogP contribution in [0.15, 0.2) is 72.8 Å². The van der Waals surface area contributed by atoms with E-state index in [4.69, 9.17) is 16.3 Å². The second-order valence-corrected chi connectivity index (χ2v) is 10.0. The first-order valence-electron chi connectivity index (χ1n) is 10.2. The van der Waals surface area contributed by atoms with Gasteiger partial charge in [0.2, 0.25) is 15.9 Å². The number of carbonyl (C=O) groups excluding carboxylic acids is 2. The molecule has 3 aromatic rings. The van der Waals surface area contributed by atoms with Crippen molar-refractivity contribution in [3.8, 4) is 5.75 Å². The number of amides is 2. The van der Waals surface area contributed by atoms with E-state index in [1.807, 2.05) is 12.1 Å². The highest BCUT2D eigenvalue weighted by Gasteiger charge is 2.41. The van der Waals surface area contributed by atoms with Gasteiger partial charge < -0.3 is 10.1 Å². The summed E-state index contributed by atoms with van der Waals surface area (Å²) in [4.78, 5) is 24.8. The van der Waals surface area contributed by atoms with Gasteiger partial charge in [-0.25, -0.2) is 12.7 Å². The molecule has 0 saturated carbocycles. The Morgan fingerprint density at radius 1 is 1.03 bits per heavy atom. The number of anilines is 2. The van der Waals surface area contributed by atoms with Crippen LogP contribution >= 0.6 is 11.6 Å². The summed E-state index contributed by atoms with van der Waals surface area (Å²) < 4.78 is 31.0. The number of hydrogen-bond acceptors (Lipinski definition) is 5. The molecular formula is C24H21ClN2O5S. The van der Waals surface area contributed by atoms with Crippen LogP contribution in [0.4, 0.5) is 11.4 Å². The zero-order chi connectivity index (χ0) is 23.6. The summed E-state index contributed by atoms with van der Waals surface area (Å²) >= 11 is 5.88. The molecule has 0 aromatic heterocycles. The summed E-state index contributed by atoms with van der Waals surface area (Å²) in [6, 6.07) is 20.2. The van der Waals surface area contributed by atoms with Gasteiger partial charge in [-0.1, -0.05) is 30.7 Å². The van der Waals surface area contributed by atoms with E-state index < -0.39 is 21.8 Å². The minimum absolute atomic E-state index is 0.215. The number of nitrogens with one attached hydrogen (secondary N) is 1. The Balaban J connectivity index is 1.37. The molecule has 0 aliphatic carbocycles. The lowest BCUT2D eigenvalue weighted by atomic mass is 10.1. The number of halogens is 1. The van der Waals surface area contributed by atoms with E-state index in [0.29, 0.717) is 28.6 Å². The van der Waals surface area contributed by atoms with Gasteiger partial charge in [0, 0.05) is 16.3 Å². The molecule has 4 rings (SSSR count). The van der Waals surface area contributed by atoms with Crippen LogP contribution < -0.4 is 14.4 Å². The normalized spacial score (nSPS) is 17.1. The average molecular weight is 485 g/mol. The molecule has 1 aliphatic heterocycles. The monoisotopic (exact) mass is 484 g/mol. The number of benzene rings is 3. The van der Waals surface area contributed by atoms with Gasteiger partial charge in [0.25, 0.3) is 5.91 Å². The van der Waals surface area contributed by atoms with Crippen LogP contribution in [0, 0.1) is 5.92 Å². The van der Waals surface area contributed by atoms with Crippen molar-refractivity contribution in [3.05, 3.63) is 88.9 Å². The number of sulfonamides is 1. The lowest BCUT2D eigenvalue weighted by Gasteiger charge is -2.15. The third-order valence-corrected chi connectivity index (χ3v) is 7.28. The van der Waals surface area contributed by atoms with E-state index in [0.717, 1.165) is 9.87 Å². The van der Waals surface area contributed by atoms with Gasteiger partial charge in [-0.05, 0) is 66.2 Å². The molecule has 1 saturated heterocycles. The molecule has 9 heteroatoms. The summed E-state index contributed by atoms with van der Waals surface area (Å²) in [5, 5.41) is 3.44. The first-order chi connectivity index (χ1) is 15.7. The van der Waals surface area contributed by atoms with E-state index in [2.05, 4.69) is 5.32 Å². The third-order valence-electron chi connectivity index (χ3n) is 5.16. The maximum atomic E-state index is 12.6. The minimum atomic E-state index is -3.68. The highest BCUT2D eigenvalue weighted by Crippen LogP contribution is 2.28. The zero-order valence-electron chi connectivity index (χ0n) is 17.7. The van der Waals surface area contributed by atoms with Crippen molar-refractivity contribution < 1.29 is 22.7 Å². The fourth-order valence-electron chi connectivity index (χ4n) is 3.42. The Hall–Kier alpha value is -3.36. The van der Waals surface area contributed by atoms with E-state index in [1.165, 1.54) is 24.3 Å². The smallest absolute Gasteiger partial charge is 0.255 e. The maximum Gasteiger partial charge on any atom is 0.255 e. The van der Waals surface area contributed by atoms with E-state index >= 15 is 0 Å². The van der Waals surface area contributed by atoms with Gasteiger partial charge in [-0.15, -0.1) is 0 Å². The molecule has 0 bridgehead atoms. The van der Waals surface area contributed by atoms with Crippen molar-refractivity contribution in [2.75, 3.05) is 15.4 Å². The van der Waals surface area contributed by atoms with Crippen LogP contribution in [0.2, 0.25) is 5.02 Å². The predicted octanol–water partition coefficient (Wildman–Crippen LogP) is 4.48. The summed E-state index contributed by atoms with van der Waals surface area (Å²) in [5.41, 5.74) is 2.12. The van der Waals surface area contributed by atoms with Crippen molar-refractivity contribution >= 4 is 44.8 Å². The van der Waals surface area contributed by atoms with Gasteiger partial charge in [0.05, 0.1) is 17.4 Å². The molecule has 170 valence electrons. The van der Waals surface area contributed by atoms with Crippen LogP contribution in [0.1, 0.15) is 22.8 Å². The minimum Gasteiger partial charge on any atom is -0.489 e. The number of rotatable bonds is 6. The fourth-order valence-corrected chi connectivity index (χ4v) is 5.37. The molecule has 33 heavy (non-hydrogen) atoms. The highest BCUT2D eigenvalue weighted by molar-refractivity contribution is 7.94. The SMILES string of the molecule is CC1CS(=O)(=O)N(c2ccc(C(=O)Nc3ccc(OCc4ccc(Cl)cc4)cc3)cc2)C1=O. The fraction of sp³-hybridized carbons (Fsp3) is 0.167. The summed E-state index contributed by atoms with van der Waals surface area (Å²) in [7, 11) is -3.68. The third kappa shape index (κ3) is 5.18. The standard InChI is InChI=1S/C24H21ClN2O5S/c1-16-15-33(30,31)27(24(16)29)21-10-4-18(5-11-21)23(28)26-20-8-12-22(13-9-20)32-14-17-2-6-19(25)7-3-17/h2-13,16H,14-15H2,1H3,(H,26,28). The van der Waals surface area contributed by atoms with Crippen LogP contribution in [0.3, 0.4) is 0 Å². The highest BCUT2D eigenvalue weighted by atomic mass is 35.5. The number of ether oxygens (including phenoxy) is 1. The molecule has 0 spiro atoms. The summed E-state index contributed by atoms with van der Waals surface area (Å²) in [5.74, 6) is -0.979. The number of hydrogen-bond donors (Lipinski definition) is 1. The molecule has 1 unspecified atom stereocenters. The molecule has 0 radical (unpaired) electrons. The Labute approximate surface area is 197 Å². The first kappa shape index (κ1) is 22.8. The van der Waals surface area contributed by atoms with E-state index in [1.54, 1.807) is 43.3 Å². The van der Waals surface area contributed by atoms with Crippen molar-refractivity contribution in [1.82, 2.24) is 0 Å². The molecule has 1 fully saturated rings. The second-order valence-electron chi connectivity index (χ2n) is 7.72. The van der Waals surface area contributed by atoms with Crippen LogP contribution in [0.25, 0.3) is 0 Å². The lowest BCUT2D eigenvalue weighted by molar-refractivity contribution is -0.119. The van der Waals surface area contributed by atoms with Crippen molar-refractivity contribution in [1.29, 1.82) is 0 Å². The topological polar surface area (TPSA) is 92.8 Å². The Morgan fingerprint density at radius 2 is 1.67 bits per heavy atom. The summed E-state index contributed by atoms with van der Waals surface area (Å²) in [6.45, 7) is 1.97. The Morgan fingerprint density at radius 3 is 2.24 bits per heavy atom. The van der Waals surface area contributed by atoms with Crippen LogP contribution in [0.5, 0.6) is 5.75 Å². The largest absolute Gasteiger partial charge is 0.489 e. The average Bonchev–Trinajstić information content (AvgIpc) is 3.00. The second kappa shape index (κ2) is 9.25. The van der Waals surface area contributed by atoms with E-state index in [9.17, 15) is 18.0 Å². The van der Waals surface area contributed by atoms with Gasteiger partial charge >= 0.3 is 0 Å². The van der Waals surface area contributed by atoms with Gasteiger partial charge in [0.15, 0.2) is 0 Å². The predicted molar refractivity (Wildman–Crippen MR) is 127 cm³/mol. The Bertz CT molecular complexity index is 1270. The summed E-state index contributed by atoms with van der Waals surface area (Å²) in [6.07, 6.45) is 0. The molecule has 7 nitrogen and oxygen atoms in total. The quantitative estimate of drug-likeness (QED) is 0.556. The lowest BCUT2D eigenvalue weighted by Crippen LogP contribution is -2.30. The molecule has 2 amide bonds. The maximum absolute atomic E-state index is 12.6. The Kier molecular flexibility index (Phi) is 6.40. The van der Waals surface area contributed by atoms with Crippen molar-refractivity contribution in [3.63, 3.8) is 0 Å². The molecule has 3 aromatic carbocycles. The van der Waals surface area contributed by atoms with Crippen molar-refractivity contribution in [2.24, 2.45) is 5.92 Å². The van der Waals surface area contributed by atoms with Gasteiger partial charge in [-0.2, -0.15) is 0 Å². The van der Waals surface area contributed by atoms with Crippen LogP contribution in [-0.4, -0.2) is 26.0 Å². The van der Waals surface area contributed by atoms with Crippen LogP contribution in [-0.2, 0) is 21.4 Å². The molecule has 1 atom stereocenters. The van der Waals surface area contributed by atoms with Gasteiger partial charge in [0.1, 0.15) is 12.4 Å². The number of carbonyl (C=O) groups is 2. The molecule has 1 heterocycles. The molecule has 1 N–H and O–H groups in total.